The molecule has 0 spiro atoms. The number of ether oxygens (including phenoxy) is 3. The van der Waals surface area contributed by atoms with Crippen LogP contribution in [-0.4, -0.2) is 37.2 Å². The van der Waals surface area contributed by atoms with Gasteiger partial charge in [0.2, 0.25) is 0 Å². The van der Waals surface area contributed by atoms with E-state index in [0.29, 0.717) is 19.3 Å². The zero-order valence-corrected chi connectivity index (χ0v) is 50.2. The van der Waals surface area contributed by atoms with Crippen molar-refractivity contribution in [1.29, 1.82) is 0 Å². The maximum Gasteiger partial charge on any atom is 0.306 e. The molecule has 0 rings (SSSR count). The largest absolute Gasteiger partial charge is 0.462 e. The van der Waals surface area contributed by atoms with E-state index in [4.69, 9.17) is 14.2 Å². The smallest absolute Gasteiger partial charge is 0.306 e. The number of hydrogen-bond donors (Lipinski definition) is 0. The van der Waals surface area contributed by atoms with Crippen molar-refractivity contribution in [3.05, 3.63) is 122 Å². The number of esters is 3. The summed E-state index contributed by atoms with van der Waals surface area (Å²) < 4.78 is 16.9. The van der Waals surface area contributed by atoms with Crippen LogP contribution in [0.25, 0.3) is 0 Å². The summed E-state index contributed by atoms with van der Waals surface area (Å²) in [5.74, 6) is -1.01. The molecule has 0 radical (unpaired) electrons. The Morgan fingerprint density at radius 3 is 0.857 bits per heavy atom. The predicted molar refractivity (Wildman–Crippen MR) is 334 cm³/mol. The summed E-state index contributed by atoms with van der Waals surface area (Å²) in [6.45, 7) is 6.45. The Morgan fingerprint density at radius 2 is 0.532 bits per heavy atom. The van der Waals surface area contributed by atoms with Gasteiger partial charge in [-0.05, 0) is 122 Å². The lowest BCUT2D eigenvalue weighted by molar-refractivity contribution is -0.166. The average molecular weight is 1070 g/mol. The number of carbonyl (C=O) groups is 3. The molecular formula is C71H118O6. The third-order valence-electron chi connectivity index (χ3n) is 13.4. The van der Waals surface area contributed by atoms with Crippen molar-refractivity contribution in [3.63, 3.8) is 0 Å². The number of unbranched alkanes of at least 4 members (excludes halogenated alkanes) is 26. The first kappa shape index (κ1) is 72.8. The molecule has 0 aromatic carbocycles. The molecule has 1 atom stereocenters. The highest BCUT2D eigenvalue weighted by Gasteiger charge is 2.19. The summed E-state index contributed by atoms with van der Waals surface area (Å²) in [7, 11) is 0. The first-order chi connectivity index (χ1) is 38.0. The maximum absolute atomic E-state index is 12.9. The van der Waals surface area contributed by atoms with Gasteiger partial charge in [0.05, 0.1) is 0 Å². The molecule has 0 N–H and O–H groups in total. The van der Waals surface area contributed by atoms with Gasteiger partial charge in [0.1, 0.15) is 13.2 Å². The SMILES string of the molecule is CC/C=C\C/C=C\C/C=C\C/C=C\C/C=C\C/C=C\CCC(=O)OC(COC(=O)CCCCCCCC/C=C\C/C=C\C/C=C\CCCCCCC)COC(=O)CCCCCCCCCCC/C=C\CCCCCCCC. The summed E-state index contributed by atoms with van der Waals surface area (Å²) in [5.41, 5.74) is 0. The number of carbonyl (C=O) groups excluding carboxylic acids is 3. The van der Waals surface area contributed by atoms with Crippen molar-refractivity contribution in [2.24, 2.45) is 0 Å². The Labute approximate surface area is 475 Å². The molecule has 0 bridgehead atoms. The van der Waals surface area contributed by atoms with Crippen LogP contribution in [0.4, 0.5) is 0 Å². The zero-order chi connectivity index (χ0) is 55.7. The molecule has 438 valence electrons. The molecule has 0 amide bonds. The number of hydrogen-bond acceptors (Lipinski definition) is 6. The van der Waals surface area contributed by atoms with E-state index in [1.165, 1.54) is 141 Å². The van der Waals surface area contributed by atoms with Gasteiger partial charge in [0.15, 0.2) is 6.10 Å². The third-order valence-corrected chi connectivity index (χ3v) is 13.4. The van der Waals surface area contributed by atoms with Crippen molar-refractivity contribution >= 4 is 17.9 Å². The summed E-state index contributed by atoms with van der Waals surface area (Å²) in [4.78, 5) is 38.3. The van der Waals surface area contributed by atoms with Crippen molar-refractivity contribution in [2.45, 2.75) is 297 Å². The summed E-state index contributed by atoms with van der Waals surface area (Å²) in [6, 6.07) is 0. The summed E-state index contributed by atoms with van der Waals surface area (Å²) in [5, 5.41) is 0. The second-order valence-electron chi connectivity index (χ2n) is 20.9. The van der Waals surface area contributed by atoms with Crippen LogP contribution >= 0.6 is 0 Å². The second-order valence-corrected chi connectivity index (χ2v) is 20.9. The molecule has 0 aliphatic rings. The van der Waals surface area contributed by atoms with Gasteiger partial charge >= 0.3 is 17.9 Å². The normalized spacial score (nSPS) is 12.9. The Kier molecular flexibility index (Phi) is 60.8. The van der Waals surface area contributed by atoms with E-state index < -0.39 is 12.1 Å². The van der Waals surface area contributed by atoms with E-state index in [1.807, 2.05) is 6.08 Å². The minimum atomic E-state index is -0.830. The van der Waals surface area contributed by atoms with Crippen LogP contribution in [0, 0.1) is 0 Å². The fourth-order valence-corrected chi connectivity index (χ4v) is 8.65. The van der Waals surface area contributed by atoms with Crippen molar-refractivity contribution in [3.8, 4) is 0 Å². The summed E-state index contributed by atoms with van der Waals surface area (Å²) >= 11 is 0. The topological polar surface area (TPSA) is 78.9 Å². The van der Waals surface area contributed by atoms with Gasteiger partial charge < -0.3 is 14.2 Å². The van der Waals surface area contributed by atoms with E-state index >= 15 is 0 Å². The molecule has 0 heterocycles. The van der Waals surface area contributed by atoms with Crippen LogP contribution in [0.15, 0.2) is 122 Å². The van der Waals surface area contributed by atoms with Gasteiger partial charge in [-0.3, -0.25) is 14.4 Å². The van der Waals surface area contributed by atoms with Gasteiger partial charge in [0.25, 0.3) is 0 Å². The van der Waals surface area contributed by atoms with E-state index in [9.17, 15) is 14.4 Å². The molecule has 0 fully saturated rings. The lowest BCUT2D eigenvalue weighted by Gasteiger charge is -2.18. The summed E-state index contributed by atoms with van der Waals surface area (Å²) in [6.07, 6.45) is 89.2. The minimum Gasteiger partial charge on any atom is -0.462 e. The molecule has 6 heteroatoms. The molecule has 0 aliphatic heterocycles. The van der Waals surface area contributed by atoms with Gasteiger partial charge in [-0.15, -0.1) is 0 Å². The molecule has 0 aromatic heterocycles. The zero-order valence-electron chi connectivity index (χ0n) is 50.2. The first-order valence-corrected chi connectivity index (χ1v) is 32.0. The van der Waals surface area contributed by atoms with Crippen LogP contribution < -0.4 is 0 Å². The molecule has 6 nitrogen and oxygen atoms in total. The Hall–Kier alpha value is -4.19. The van der Waals surface area contributed by atoms with Crippen LogP contribution in [0.1, 0.15) is 290 Å². The van der Waals surface area contributed by atoms with E-state index in [-0.39, 0.29) is 31.6 Å². The average Bonchev–Trinajstić information content (AvgIpc) is 3.43. The second kappa shape index (κ2) is 64.3. The van der Waals surface area contributed by atoms with E-state index in [1.54, 1.807) is 0 Å². The monoisotopic (exact) mass is 1070 g/mol. The third kappa shape index (κ3) is 62.5. The van der Waals surface area contributed by atoms with Gasteiger partial charge in [-0.25, -0.2) is 0 Å². The lowest BCUT2D eigenvalue weighted by atomic mass is 10.1. The van der Waals surface area contributed by atoms with Crippen LogP contribution in [0.5, 0.6) is 0 Å². The molecule has 0 aliphatic carbocycles. The standard InChI is InChI=1S/C71H118O6/c1-4-7-10-13-16-19-22-25-28-31-34-35-38-40-43-46-49-52-55-58-61-64-70(73)76-67-68(77-71(74)65-62-59-56-53-50-47-44-41-37-33-30-27-24-21-18-15-12-9-6-3)66-75-69(72)63-60-57-54-51-48-45-42-39-36-32-29-26-23-20-17-14-11-8-5-2/h9,12,18,21-22,25-27,29-31,34,37-38,40-41,47,50,56,59,68H,4-8,10-11,13-17,19-20,23-24,28,32-33,35-36,39,42-46,48-49,51-55,57-58,60-67H2,1-3H3/b12-9-,21-18-,25-22-,29-26-,30-27-,34-31-,40-38-,41-37-,50-47-,59-56-. The highest BCUT2D eigenvalue weighted by Crippen LogP contribution is 2.15. The number of rotatable bonds is 57. The van der Waals surface area contributed by atoms with Gasteiger partial charge in [-0.1, -0.05) is 271 Å². The molecule has 0 saturated heterocycles. The number of allylic oxidation sites excluding steroid dienone is 20. The lowest BCUT2D eigenvalue weighted by Crippen LogP contribution is -2.30. The van der Waals surface area contributed by atoms with Crippen molar-refractivity contribution < 1.29 is 28.6 Å². The molecule has 0 aromatic rings. The Balaban J connectivity index is 4.52. The van der Waals surface area contributed by atoms with Crippen molar-refractivity contribution in [2.75, 3.05) is 13.2 Å². The van der Waals surface area contributed by atoms with Crippen LogP contribution in [0.2, 0.25) is 0 Å². The van der Waals surface area contributed by atoms with E-state index in [0.717, 1.165) is 103 Å². The first-order valence-electron chi connectivity index (χ1n) is 32.0. The quantitative estimate of drug-likeness (QED) is 0.0261. The van der Waals surface area contributed by atoms with Gasteiger partial charge in [0, 0.05) is 19.3 Å². The van der Waals surface area contributed by atoms with E-state index in [2.05, 4.69) is 136 Å². The molecule has 1 unspecified atom stereocenters. The molecular weight excluding hydrogens is 949 g/mol. The molecule has 77 heavy (non-hydrogen) atoms. The van der Waals surface area contributed by atoms with Gasteiger partial charge in [-0.2, -0.15) is 0 Å². The minimum absolute atomic E-state index is 0.116. The predicted octanol–water partition coefficient (Wildman–Crippen LogP) is 22.0. The van der Waals surface area contributed by atoms with Crippen LogP contribution in [-0.2, 0) is 28.6 Å². The highest BCUT2D eigenvalue weighted by atomic mass is 16.6. The molecule has 0 saturated carbocycles. The van der Waals surface area contributed by atoms with Crippen LogP contribution in [0.3, 0.4) is 0 Å². The maximum atomic E-state index is 12.9. The van der Waals surface area contributed by atoms with Crippen molar-refractivity contribution in [1.82, 2.24) is 0 Å². The fraction of sp³-hybridized carbons (Fsp3) is 0.676. The highest BCUT2D eigenvalue weighted by molar-refractivity contribution is 5.71. The fourth-order valence-electron chi connectivity index (χ4n) is 8.65. The Morgan fingerprint density at radius 1 is 0.273 bits per heavy atom. The Bertz CT molecular complexity index is 1600.